The fraction of sp³-hybridized carbons (Fsp3) is 0.261. The van der Waals surface area contributed by atoms with Crippen molar-refractivity contribution in [3.05, 3.63) is 89.0 Å². The Bertz CT molecular complexity index is 1010. The minimum absolute atomic E-state index is 0.0930. The Hall–Kier alpha value is -2.92. The summed E-state index contributed by atoms with van der Waals surface area (Å²) in [6.45, 7) is 5.74. The first-order chi connectivity index (χ1) is 13.5. The molecular weight excluding hydrogens is 353 g/mol. The first-order valence-electron chi connectivity index (χ1n) is 9.53. The Labute approximate surface area is 164 Å². The number of nitrogens with zero attached hydrogens (tertiary/aromatic N) is 2. The van der Waals surface area contributed by atoms with Gasteiger partial charge in [0.1, 0.15) is 5.82 Å². The Morgan fingerprint density at radius 1 is 1.07 bits per heavy atom. The van der Waals surface area contributed by atoms with E-state index in [1.54, 1.807) is 12.1 Å². The van der Waals surface area contributed by atoms with Crippen LogP contribution in [0.2, 0.25) is 0 Å². The molecule has 3 aromatic rings. The quantitative estimate of drug-likeness (QED) is 0.737. The summed E-state index contributed by atoms with van der Waals surface area (Å²) < 4.78 is 16.7. The molecule has 1 aromatic heterocycles. The topological polar surface area (TPSA) is 37.3 Å². The summed E-state index contributed by atoms with van der Waals surface area (Å²) in [4.78, 5) is 14.8. The van der Waals surface area contributed by atoms with E-state index in [2.05, 4.69) is 9.88 Å². The molecule has 144 valence electrons. The molecular formula is C23H24FN3O. The Morgan fingerprint density at radius 3 is 2.68 bits per heavy atom. The fourth-order valence-corrected chi connectivity index (χ4v) is 3.86. The number of halogens is 1. The van der Waals surface area contributed by atoms with Crippen LogP contribution in [0.4, 0.5) is 10.1 Å². The number of amides is 1. The molecule has 0 fully saturated rings. The predicted octanol–water partition coefficient (Wildman–Crippen LogP) is 4.29. The number of aromatic nitrogens is 1. The van der Waals surface area contributed by atoms with Gasteiger partial charge in [-0.25, -0.2) is 4.39 Å². The number of hydrogen-bond donors (Lipinski definition) is 1. The summed E-state index contributed by atoms with van der Waals surface area (Å²) in [7, 11) is 0. The maximum atomic E-state index is 14.6. The van der Waals surface area contributed by atoms with Crippen LogP contribution in [0.15, 0.2) is 60.8 Å². The number of carbonyl (C=O) groups excluding carboxylic acids is 1. The SMILES string of the molecule is Cc1ccc(NC(=O)CN2CCn3cccc3[C@H]2c2ccccc2F)cc1C. The smallest absolute Gasteiger partial charge is 0.238 e. The van der Waals surface area contributed by atoms with Gasteiger partial charge in [-0.15, -0.1) is 0 Å². The van der Waals surface area contributed by atoms with Crippen LogP contribution in [0.5, 0.6) is 0 Å². The molecule has 5 heteroatoms. The molecule has 1 N–H and O–H groups in total. The highest BCUT2D eigenvalue weighted by Gasteiger charge is 2.31. The van der Waals surface area contributed by atoms with Crippen molar-refractivity contribution in [1.29, 1.82) is 0 Å². The second kappa shape index (κ2) is 7.60. The van der Waals surface area contributed by atoms with Gasteiger partial charge < -0.3 is 9.88 Å². The first kappa shape index (κ1) is 18.4. The molecule has 2 aromatic carbocycles. The summed E-state index contributed by atoms with van der Waals surface area (Å²) >= 11 is 0. The number of benzene rings is 2. The van der Waals surface area contributed by atoms with Crippen molar-refractivity contribution >= 4 is 11.6 Å². The van der Waals surface area contributed by atoms with Gasteiger partial charge in [-0.05, 0) is 55.3 Å². The molecule has 28 heavy (non-hydrogen) atoms. The number of rotatable bonds is 4. The van der Waals surface area contributed by atoms with E-state index < -0.39 is 0 Å². The van der Waals surface area contributed by atoms with Crippen molar-refractivity contribution in [3.8, 4) is 0 Å². The Kier molecular flexibility index (Phi) is 5.01. The van der Waals surface area contributed by atoms with Crippen LogP contribution in [-0.2, 0) is 11.3 Å². The number of anilines is 1. The molecule has 0 spiro atoms. The number of hydrogen-bond acceptors (Lipinski definition) is 2. The zero-order valence-electron chi connectivity index (χ0n) is 16.2. The van der Waals surface area contributed by atoms with E-state index in [1.807, 2.05) is 61.3 Å². The van der Waals surface area contributed by atoms with Crippen LogP contribution in [0.25, 0.3) is 0 Å². The third-order valence-electron chi connectivity index (χ3n) is 5.48. The van der Waals surface area contributed by atoms with Gasteiger partial charge >= 0.3 is 0 Å². The van der Waals surface area contributed by atoms with Crippen molar-refractivity contribution in [2.75, 3.05) is 18.4 Å². The van der Waals surface area contributed by atoms with Crippen LogP contribution < -0.4 is 5.32 Å². The minimum Gasteiger partial charge on any atom is -0.348 e. The van der Waals surface area contributed by atoms with Gasteiger partial charge in [-0.1, -0.05) is 24.3 Å². The Morgan fingerprint density at radius 2 is 1.89 bits per heavy atom. The maximum Gasteiger partial charge on any atom is 0.238 e. The predicted molar refractivity (Wildman–Crippen MR) is 109 cm³/mol. The lowest BCUT2D eigenvalue weighted by molar-refractivity contribution is -0.118. The van der Waals surface area contributed by atoms with Crippen molar-refractivity contribution in [2.45, 2.75) is 26.4 Å². The lowest BCUT2D eigenvalue weighted by Crippen LogP contribution is -2.43. The van der Waals surface area contributed by atoms with Gasteiger partial charge in [0.2, 0.25) is 5.91 Å². The van der Waals surface area contributed by atoms with E-state index in [0.29, 0.717) is 12.1 Å². The maximum absolute atomic E-state index is 14.6. The van der Waals surface area contributed by atoms with Crippen molar-refractivity contribution < 1.29 is 9.18 Å². The summed E-state index contributed by atoms with van der Waals surface area (Å²) in [5.41, 5.74) is 4.72. The standard InChI is InChI=1S/C23H24FN3O/c1-16-9-10-18(14-17(16)2)25-22(28)15-27-13-12-26-11-5-8-21(26)23(27)19-6-3-4-7-20(19)24/h3-11,14,23H,12-13,15H2,1-2H3,(H,25,28)/t23-/m1/s1. The van der Waals surface area contributed by atoms with Gasteiger partial charge in [0.15, 0.2) is 0 Å². The van der Waals surface area contributed by atoms with Gasteiger partial charge in [0, 0.05) is 36.2 Å². The number of fused-ring (bicyclic) bond motifs is 1. The molecule has 2 heterocycles. The molecule has 1 atom stereocenters. The summed E-state index contributed by atoms with van der Waals surface area (Å²) in [5, 5.41) is 2.98. The summed E-state index contributed by atoms with van der Waals surface area (Å²) in [6.07, 6.45) is 2.01. The molecule has 1 amide bonds. The Balaban J connectivity index is 1.58. The molecule has 0 radical (unpaired) electrons. The number of nitrogens with one attached hydrogen (secondary N) is 1. The molecule has 0 bridgehead atoms. The third kappa shape index (κ3) is 3.58. The first-order valence-corrected chi connectivity index (χ1v) is 9.53. The molecule has 4 nitrogen and oxygen atoms in total. The van der Waals surface area contributed by atoms with Crippen molar-refractivity contribution in [2.24, 2.45) is 0 Å². The number of aryl methyl sites for hydroxylation is 2. The zero-order chi connectivity index (χ0) is 19.7. The average Bonchev–Trinajstić information content (AvgIpc) is 3.14. The zero-order valence-corrected chi connectivity index (χ0v) is 16.2. The third-order valence-corrected chi connectivity index (χ3v) is 5.48. The largest absolute Gasteiger partial charge is 0.348 e. The molecule has 0 saturated carbocycles. The molecule has 0 unspecified atom stereocenters. The van der Waals surface area contributed by atoms with Gasteiger partial charge in [-0.3, -0.25) is 9.69 Å². The van der Waals surface area contributed by atoms with E-state index in [0.717, 1.165) is 23.5 Å². The molecule has 4 rings (SSSR count). The lowest BCUT2D eigenvalue weighted by atomic mass is 9.99. The van der Waals surface area contributed by atoms with E-state index >= 15 is 0 Å². The van der Waals surface area contributed by atoms with Gasteiger partial charge in [0.05, 0.1) is 12.6 Å². The van der Waals surface area contributed by atoms with Crippen LogP contribution in [0.1, 0.15) is 28.4 Å². The number of carbonyl (C=O) groups is 1. The fourth-order valence-electron chi connectivity index (χ4n) is 3.86. The van der Waals surface area contributed by atoms with E-state index in [-0.39, 0.29) is 24.3 Å². The second-order valence-corrected chi connectivity index (χ2v) is 7.37. The highest BCUT2D eigenvalue weighted by molar-refractivity contribution is 5.92. The van der Waals surface area contributed by atoms with E-state index in [9.17, 15) is 9.18 Å². The van der Waals surface area contributed by atoms with Crippen molar-refractivity contribution in [3.63, 3.8) is 0 Å². The average molecular weight is 377 g/mol. The highest BCUT2D eigenvalue weighted by atomic mass is 19.1. The molecule has 0 aliphatic carbocycles. The van der Waals surface area contributed by atoms with Crippen molar-refractivity contribution in [1.82, 2.24) is 9.47 Å². The molecule has 1 aliphatic rings. The van der Waals surface area contributed by atoms with Crippen LogP contribution in [0.3, 0.4) is 0 Å². The normalized spacial score (nSPS) is 16.6. The van der Waals surface area contributed by atoms with Gasteiger partial charge in [0.25, 0.3) is 0 Å². The summed E-state index contributed by atoms with van der Waals surface area (Å²) in [5.74, 6) is -0.341. The minimum atomic E-state index is -0.282. The summed E-state index contributed by atoms with van der Waals surface area (Å²) in [6, 6.07) is 16.4. The van der Waals surface area contributed by atoms with E-state index in [1.165, 1.54) is 11.6 Å². The van der Waals surface area contributed by atoms with E-state index in [4.69, 9.17) is 0 Å². The highest BCUT2D eigenvalue weighted by Crippen LogP contribution is 2.33. The lowest BCUT2D eigenvalue weighted by Gasteiger charge is -2.37. The van der Waals surface area contributed by atoms with Gasteiger partial charge in [-0.2, -0.15) is 0 Å². The molecule has 0 saturated heterocycles. The molecule has 1 aliphatic heterocycles. The van der Waals surface area contributed by atoms with Crippen LogP contribution in [-0.4, -0.2) is 28.5 Å². The second-order valence-electron chi connectivity index (χ2n) is 7.37. The van der Waals surface area contributed by atoms with Crippen LogP contribution >= 0.6 is 0 Å². The monoisotopic (exact) mass is 377 g/mol. The van der Waals surface area contributed by atoms with Crippen LogP contribution in [0, 0.1) is 19.7 Å².